The van der Waals surface area contributed by atoms with Gasteiger partial charge in [0.2, 0.25) is 0 Å². The normalized spacial score (nSPS) is 8.83. The molecule has 0 aliphatic heterocycles. The molecule has 0 fully saturated rings. The summed E-state index contributed by atoms with van der Waals surface area (Å²) in [6, 6.07) is 12.0. The Balaban J connectivity index is 0. The molecule has 0 amide bonds. The van der Waals surface area contributed by atoms with Gasteiger partial charge >= 0.3 is 29.6 Å². The van der Waals surface area contributed by atoms with E-state index in [0.29, 0.717) is 6.26 Å². The second-order valence-corrected chi connectivity index (χ2v) is 3.27. The number of hydrogen-bond acceptors (Lipinski definition) is 3. The van der Waals surface area contributed by atoms with E-state index in [1.54, 1.807) is 0 Å². The molecule has 1 aromatic rings. The van der Waals surface area contributed by atoms with Crippen molar-refractivity contribution in [1.82, 2.24) is 0 Å². The van der Waals surface area contributed by atoms with Gasteiger partial charge in [-0.15, -0.1) is 0 Å². The van der Waals surface area contributed by atoms with Crippen molar-refractivity contribution in [2.75, 3.05) is 6.26 Å². The fourth-order valence-corrected chi connectivity index (χ4v) is 0.385. The third kappa shape index (κ3) is 22.5. The SMILES string of the molecule is CS(=O)(=O)[O-].[Na+].c1ccccc1. The van der Waals surface area contributed by atoms with Gasteiger partial charge in [0.1, 0.15) is 0 Å². The average Bonchev–Trinajstić information content (AvgIpc) is 1.88. The van der Waals surface area contributed by atoms with Crippen LogP contribution >= 0.6 is 0 Å². The molecule has 1 aromatic carbocycles. The maximum Gasteiger partial charge on any atom is 1.00 e. The second kappa shape index (κ2) is 7.76. The molecule has 0 saturated carbocycles. The van der Waals surface area contributed by atoms with Crippen LogP contribution in [0.25, 0.3) is 0 Å². The van der Waals surface area contributed by atoms with Gasteiger partial charge in [-0.05, 0) is 0 Å². The Kier molecular flexibility index (Phi) is 9.47. The second-order valence-electron chi connectivity index (χ2n) is 1.86. The third-order valence-corrected chi connectivity index (χ3v) is 0.667. The van der Waals surface area contributed by atoms with Crippen LogP contribution in [-0.2, 0) is 10.1 Å². The van der Waals surface area contributed by atoms with E-state index in [1.165, 1.54) is 0 Å². The molecule has 62 valence electrons. The zero-order valence-electron chi connectivity index (χ0n) is 7.10. The Morgan fingerprint density at radius 3 is 1.08 bits per heavy atom. The summed E-state index contributed by atoms with van der Waals surface area (Å²) in [5.74, 6) is 0. The molecule has 12 heavy (non-hydrogen) atoms. The van der Waals surface area contributed by atoms with Gasteiger partial charge in [0.15, 0.2) is 0 Å². The first-order chi connectivity index (χ1) is 5.00. The minimum absolute atomic E-state index is 0. The van der Waals surface area contributed by atoms with Crippen molar-refractivity contribution in [3.63, 3.8) is 0 Å². The fraction of sp³-hybridized carbons (Fsp3) is 0.143. The first-order valence-electron chi connectivity index (χ1n) is 2.91. The summed E-state index contributed by atoms with van der Waals surface area (Å²) in [4.78, 5) is 0. The molecule has 0 radical (unpaired) electrons. The molecule has 0 atom stereocenters. The van der Waals surface area contributed by atoms with E-state index < -0.39 is 10.1 Å². The minimum Gasteiger partial charge on any atom is -0.748 e. The molecular weight excluding hydrogens is 187 g/mol. The van der Waals surface area contributed by atoms with Crippen LogP contribution in [0.15, 0.2) is 36.4 Å². The molecule has 0 aliphatic rings. The summed E-state index contributed by atoms with van der Waals surface area (Å²) >= 11 is 0. The number of benzene rings is 1. The summed E-state index contributed by atoms with van der Waals surface area (Å²) in [6.07, 6.45) is 0.604. The van der Waals surface area contributed by atoms with Gasteiger partial charge in [0.05, 0.1) is 10.1 Å². The molecule has 3 nitrogen and oxygen atoms in total. The maximum absolute atomic E-state index is 9.08. The van der Waals surface area contributed by atoms with Crippen molar-refractivity contribution >= 4 is 10.1 Å². The zero-order chi connectivity index (χ0) is 8.74. The van der Waals surface area contributed by atoms with Crippen molar-refractivity contribution in [3.05, 3.63) is 36.4 Å². The number of rotatable bonds is 0. The van der Waals surface area contributed by atoms with Crippen molar-refractivity contribution in [2.45, 2.75) is 0 Å². The largest absolute Gasteiger partial charge is 1.00 e. The molecule has 0 aromatic heterocycles. The molecule has 0 N–H and O–H groups in total. The molecule has 0 unspecified atom stereocenters. The van der Waals surface area contributed by atoms with E-state index in [1.807, 2.05) is 36.4 Å². The monoisotopic (exact) mass is 196 g/mol. The summed E-state index contributed by atoms with van der Waals surface area (Å²) in [5.41, 5.74) is 0. The molecule has 0 heterocycles. The van der Waals surface area contributed by atoms with Gasteiger partial charge in [0.25, 0.3) is 0 Å². The van der Waals surface area contributed by atoms with Gasteiger partial charge in [-0.25, -0.2) is 8.42 Å². The summed E-state index contributed by atoms with van der Waals surface area (Å²) in [5, 5.41) is 0. The average molecular weight is 196 g/mol. The Morgan fingerprint density at radius 1 is 0.917 bits per heavy atom. The zero-order valence-corrected chi connectivity index (χ0v) is 9.91. The Hall–Kier alpha value is 0.130. The Bertz CT molecular complexity index is 235. The minimum atomic E-state index is -3.92. The molecule has 0 saturated heterocycles. The van der Waals surface area contributed by atoms with Gasteiger partial charge in [-0.3, -0.25) is 0 Å². The first-order valence-corrected chi connectivity index (χ1v) is 4.72. The van der Waals surface area contributed by atoms with E-state index in [2.05, 4.69) is 0 Å². The van der Waals surface area contributed by atoms with Crippen LogP contribution in [0.4, 0.5) is 0 Å². The molecule has 5 heteroatoms. The fourth-order valence-electron chi connectivity index (χ4n) is 0.385. The van der Waals surface area contributed by atoms with Crippen LogP contribution in [0.5, 0.6) is 0 Å². The third-order valence-electron chi connectivity index (χ3n) is 0.667. The standard InChI is InChI=1S/C6H6.CH4O3S.Na/c1-2-4-6-5-3-1;1-5(2,3)4;/h1-6H;1H3,(H,2,3,4);/q;;+1/p-1. The predicted molar refractivity (Wildman–Crippen MR) is 42.1 cm³/mol. The molecule has 0 bridgehead atoms. The Labute approximate surface area is 94.8 Å². The van der Waals surface area contributed by atoms with E-state index in [-0.39, 0.29) is 29.6 Å². The van der Waals surface area contributed by atoms with Crippen molar-refractivity contribution in [1.29, 1.82) is 0 Å². The van der Waals surface area contributed by atoms with Gasteiger partial charge in [-0.1, -0.05) is 36.4 Å². The van der Waals surface area contributed by atoms with Crippen LogP contribution in [0, 0.1) is 0 Å². The Morgan fingerprint density at radius 2 is 1.00 bits per heavy atom. The van der Waals surface area contributed by atoms with Gasteiger partial charge < -0.3 is 4.55 Å². The van der Waals surface area contributed by atoms with Crippen LogP contribution in [-0.4, -0.2) is 19.2 Å². The quantitative estimate of drug-likeness (QED) is 0.351. The molecular formula is C7H9NaO3S. The van der Waals surface area contributed by atoms with Gasteiger partial charge in [-0.2, -0.15) is 0 Å². The maximum atomic E-state index is 9.08. The van der Waals surface area contributed by atoms with E-state index in [9.17, 15) is 0 Å². The van der Waals surface area contributed by atoms with Crippen molar-refractivity contribution in [2.24, 2.45) is 0 Å². The smallest absolute Gasteiger partial charge is 0.748 e. The van der Waals surface area contributed by atoms with Crippen LogP contribution in [0.1, 0.15) is 0 Å². The summed E-state index contributed by atoms with van der Waals surface area (Å²) < 4.78 is 27.2. The summed E-state index contributed by atoms with van der Waals surface area (Å²) in [7, 11) is -3.92. The van der Waals surface area contributed by atoms with E-state index >= 15 is 0 Å². The van der Waals surface area contributed by atoms with Gasteiger partial charge in [0, 0.05) is 6.26 Å². The number of hydrogen-bond donors (Lipinski definition) is 0. The molecule has 1 rings (SSSR count). The van der Waals surface area contributed by atoms with Crippen molar-refractivity contribution in [3.8, 4) is 0 Å². The van der Waals surface area contributed by atoms with Crippen LogP contribution in [0.2, 0.25) is 0 Å². The summed E-state index contributed by atoms with van der Waals surface area (Å²) in [6.45, 7) is 0. The van der Waals surface area contributed by atoms with Crippen LogP contribution < -0.4 is 29.6 Å². The predicted octanol–water partition coefficient (Wildman–Crippen LogP) is -2.15. The first kappa shape index (κ1) is 14.6. The molecule has 0 spiro atoms. The van der Waals surface area contributed by atoms with E-state index in [0.717, 1.165) is 0 Å². The topological polar surface area (TPSA) is 57.2 Å². The van der Waals surface area contributed by atoms with Crippen LogP contribution in [0.3, 0.4) is 0 Å². The van der Waals surface area contributed by atoms with Crippen molar-refractivity contribution < 1.29 is 42.5 Å². The van der Waals surface area contributed by atoms with E-state index in [4.69, 9.17) is 13.0 Å². The molecule has 0 aliphatic carbocycles.